The Bertz CT molecular complexity index is 722. The van der Waals surface area contributed by atoms with Gasteiger partial charge in [0.25, 0.3) is 0 Å². The van der Waals surface area contributed by atoms with Crippen molar-refractivity contribution in [3.05, 3.63) is 54.0 Å². The summed E-state index contributed by atoms with van der Waals surface area (Å²) in [7, 11) is 1.32. The van der Waals surface area contributed by atoms with E-state index < -0.39 is 5.97 Å². The van der Waals surface area contributed by atoms with Crippen molar-refractivity contribution in [2.75, 3.05) is 38.6 Å². The van der Waals surface area contributed by atoms with Crippen LogP contribution in [0.4, 0.5) is 10.5 Å². The lowest BCUT2D eigenvalue weighted by atomic mass is 10.2. The van der Waals surface area contributed by atoms with Gasteiger partial charge in [-0.3, -0.25) is 0 Å². The van der Waals surface area contributed by atoms with Gasteiger partial charge in [-0.1, -0.05) is 12.1 Å². The molecule has 0 radical (unpaired) electrons. The fraction of sp³-hybridized carbons (Fsp3) is 0.333. The number of hydrogen-bond acceptors (Lipinski definition) is 4. The Morgan fingerprint density at radius 3 is 2.64 bits per heavy atom. The lowest BCUT2D eigenvalue weighted by Crippen LogP contribution is -3.13. The van der Waals surface area contributed by atoms with E-state index in [4.69, 9.17) is 9.15 Å². The molecule has 0 spiro atoms. The Morgan fingerprint density at radius 2 is 1.96 bits per heavy atom. The highest BCUT2D eigenvalue weighted by Crippen LogP contribution is 2.16. The number of nitrogens with zero attached hydrogens (tertiary/aromatic N) is 1. The number of quaternary nitrogens is 1. The summed E-state index contributed by atoms with van der Waals surface area (Å²) in [6.45, 7) is 3.84. The molecule has 2 N–H and O–H groups in total. The predicted octanol–water partition coefficient (Wildman–Crippen LogP) is 0.999. The minimum absolute atomic E-state index is 0.201. The average Bonchev–Trinajstić information content (AvgIpc) is 3.15. The molecule has 7 heteroatoms. The number of piperazine rings is 1. The van der Waals surface area contributed by atoms with Gasteiger partial charge in [0.15, 0.2) is 5.76 Å². The number of ether oxygens (including phenoxy) is 1. The predicted molar refractivity (Wildman–Crippen MR) is 91.5 cm³/mol. The quantitative estimate of drug-likeness (QED) is 0.812. The van der Waals surface area contributed by atoms with Crippen LogP contribution in [0.3, 0.4) is 0 Å². The van der Waals surface area contributed by atoms with E-state index in [0.29, 0.717) is 24.3 Å². The summed E-state index contributed by atoms with van der Waals surface area (Å²) in [5, 5.41) is 2.81. The third-order valence-electron chi connectivity index (χ3n) is 4.34. The van der Waals surface area contributed by atoms with E-state index in [1.54, 1.807) is 35.4 Å². The highest BCUT2D eigenvalue weighted by atomic mass is 16.5. The molecular formula is C18H22N3O4+. The van der Waals surface area contributed by atoms with E-state index in [2.05, 4.69) is 5.32 Å². The molecule has 2 heterocycles. The van der Waals surface area contributed by atoms with E-state index in [0.717, 1.165) is 25.4 Å². The van der Waals surface area contributed by atoms with Crippen LogP contribution in [0.1, 0.15) is 16.1 Å². The number of nitrogens with one attached hydrogen (secondary N) is 2. The molecule has 7 nitrogen and oxygen atoms in total. The summed E-state index contributed by atoms with van der Waals surface area (Å²) in [5.41, 5.74) is 0.810. The maximum absolute atomic E-state index is 12.5. The van der Waals surface area contributed by atoms with E-state index in [1.807, 2.05) is 12.1 Å². The van der Waals surface area contributed by atoms with Crippen molar-refractivity contribution in [2.24, 2.45) is 0 Å². The lowest BCUT2D eigenvalue weighted by molar-refractivity contribution is -0.918. The van der Waals surface area contributed by atoms with Crippen LogP contribution in [0.15, 0.2) is 47.1 Å². The zero-order valence-electron chi connectivity index (χ0n) is 14.2. The van der Waals surface area contributed by atoms with E-state index in [9.17, 15) is 9.59 Å². The minimum atomic E-state index is -0.469. The van der Waals surface area contributed by atoms with E-state index in [-0.39, 0.29) is 6.03 Å². The normalized spacial score (nSPS) is 15.0. The smallest absolute Gasteiger partial charge is 0.339 e. The molecule has 0 saturated carbocycles. The number of carbonyl (C=O) groups is 2. The molecule has 0 bridgehead atoms. The maximum atomic E-state index is 12.5. The van der Waals surface area contributed by atoms with Crippen molar-refractivity contribution in [1.29, 1.82) is 0 Å². The molecule has 2 aromatic rings. The summed E-state index contributed by atoms with van der Waals surface area (Å²) in [6, 6.07) is 10.5. The first-order chi connectivity index (χ1) is 12.2. The van der Waals surface area contributed by atoms with Gasteiger partial charge in [0, 0.05) is 0 Å². The molecule has 132 valence electrons. The zero-order chi connectivity index (χ0) is 17.6. The first kappa shape index (κ1) is 17.0. The van der Waals surface area contributed by atoms with E-state index in [1.165, 1.54) is 12.0 Å². The summed E-state index contributed by atoms with van der Waals surface area (Å²) >= 11 is 0. The first-order valence-electron chi connectivity index (χ1n) is 8.26. The number of furan rings is 1. The Hall–Kier alpha value is -2.80. The molecule has 1 aliphatic heterocycles. The first-order valence-corrected chi connectivity index (χ1v) is 8.26. The zero-order valence-corrected chi connectivity index (χ0v) is 14.2. The van der Waals surface area contributed by atoms with Crippen molar-refractivity contribution in [1.82, 2.24) is 4.90 Å². The third kappa shape index (κ3) is 4.19. The van der Waals surface area contributed by atoms with Crippen molar-refractivity contribution >= 4 is 17.7 Å². The van der Waals surface area contributed by atoms with Crippen LogP contribution in [0, 0.1) is 0 Å². The second-order valence-electron chi connectivity index (χ2n) is 5.96. The number of para-hydroxylation sites is 1. The molecule has 2 amide bonds. The Morgan fingerprint density at radius 1 is 1.20 bits per heavy atom. The summed E-state index contributed by atoms with van der Waals surface area (Å²) in [5.74, 6) is 0.489. The van der Waals surface area contributed by atoms with E-state index >= 15 is 0 Å². The molecule has 1 aliphatic rings. The van der Waals surface area contributed by atoms with Crippen molar-refractivity contribution < 1.29 is 23.6 Å². The minimum Gasteiger partial charge on any atom is -0.465 e. The van der Waals surface area contributed by atoms with Crippen LogP contribution in [-0.4, -0.2) is 50.2 Å². The van der Waals surface area contributed by atoms with Crippen LogP contribution in [-0.2, 0) is 11.3 Å². The number of anilines is 1. The fourth-order valence-electron chi connectivity index (χ4n) is 2.94. The topological polar surface area (TPSA) is 76.2 Å². The van der Waals surface area contributed by atoms with Crippen molar-refractivity contribution in [2.45, 2.75) is 6.54 Å². The van der Waals surface area contributed by atoms with Gasteiger partial charge in [-0.25, -0.2) is 9.59 Å². The van der Waals surface area contributed by atoms with Crippen LogP contribution in [0.2, 0.25) is 0 Å². The largest absolute Gasteiger partial charge is 0.465 e. The number of methoxy groups -OCH3 is 1. The fourth-order valence-corrected chi connectivity index (χ4v) is 2.94. The van der Waals surface area contributed by atoms with Crippen molar-refractivity contribution in [3.8, 4) is 0 Å². The molecule has 0 aliphatic carbocycles. The van der Waals surface area contributed by atoms with Gasteiger partial charge in [0.2, 0.25) is 0 Å². The van der Waals surface area contributed by atoms with Crippen molar-refractivity contribution in [3.63, 3.8) is 0 Å². The number of amides is 2. The van der Waals surface area contributed by atoms with Gasteiger partial charge in [0.05, 0.1) is 50.8 Å². The number of benzene rings is 1. The molecule has 3 rings (SSSR count). The van der Waals surface area contributed by atoms with Gasteiger partial charge in [-0.15, -0.1) is 0 Å². The van der Waals surface area contributed by atoms with Gasteiger partial charge < -0.3 is 24.3 Å². The maximum Gasteiger partial charge on any atom is 0.339 e. The van der Waals surface area contributed by atoms with Crippen LogP contribution in [0.25, 0.3) is 0 Å². The monoisotopic (exact) mass is 344 g/mol. The number of carbonyl (C=O) groups excluding carboxylic acids is 2. The highest BCUT2D eigenvalue weighted by molar-refractivity contribution is 6.00. The molecule has 0 atom stereocenters. The number of esters is 1. The SMILES string of the molecule is COC(=O)c1ccccc1NC(=O)N1CC[NH+](Cc2ccco2)CC1. The molecule has 1 fully saturated rings. The second-order valence-corrected chi connectivity index (χ2v) is 5.96. The van der Waals surface area contributed by atoms with Gasteiger partial charge in [-0.2, -0.15) is 0 Å². The van der Waals surface area contributed by atoms with Gasteiger partial charge in [-0.05, 0) is 24.3 Å². The summed E-state index contributed by atoms with van der Waals surface area (Å²) < 4.78 is 10.1. The molecule has 0 unspecified atom stereocenters. The third-order valence-corrected chi connectivity index (χ3v) is 4.34. The number of hydrogen-bond donors (Lipinski definition) is 2. The lowest BCUT2D eigenvalue weighted by Gasteiger charge is -2.31. The molecule has 1 aromatic carbocycles. The molecule has 1 saturated heterocycles. The van der Waals surface area contributed by atoms with Gasteiger partial charge in [0.1, 0.15) is 6.54 Å². The van der Waals surface area contributed by atoms with Crippen LogP contribution < -0.4 is 10.2 Å². The Labute approximate surface area is 146 Å². The Balaban J connectivity index is 1.56. The Kier molecular flexibility index (Phi) is 5.35. The van der Waals surface area contributed by atoms with Crippen LogP contribution >= 0.6 is 0 Å². The number of rotatable bonds is 4. The number of urea groups is 1. The average molecular weight is 344 g/mol. The summed E-state index contributed by atoms with van der Waals surface area (Å²) in [6.07, 6.45) is 1.68. The molecular weight excluding hydrogens is 322 g/mol. The highest BCUT2D eigenvalue weighted by Gasteiger charge is 2.25. The van der Waals surface area contributed by atoms with Crippen LogP contribution in [0.5, 0.6) is 0 Å². The summed E-state index contributed by atoms with van der Waals surface area (Å²) in [4.78, 5) is 27.4. The van der Waals surface area contributed by atoms with Gasteiger partial charge >= 0.3 is 12.0 Å². The molecule has 25 heavy (non-hydrogen) atoms. The second kappa shape index (κ2) is 7.85. The standard InChI is InChI=1S/C18H21N3O4/c1-24-17(22)15-6-2-3-7-16(15)19-18(23)21-10-8-20(9-11-21)13-14-5-4-12-25-14/h2-7,12H,8-11,13H2,1H3,(H,19,23)/p+1. The molecule has 1 aromatic heterocycles.